The largest absolute Gasteiger partial charge is 0.393 e. The SMILES string of the molecule is C=C1/C(=C\C=C2/CCC[C@@]3(C)[C@H]2CC[C@@H]3[C@@](C)(F)CC[C@@H](O)C2CC2)C[C@@H](O)C[C@@H]1O. The monoisotopic (exact) mass is 432 g/mol. The minimum absolute atomic E-state index is 0.0287. The third kappa shape index (κ3) is 4.72. The second-order valence-electron chi connectivity index (χ2n) is 11.3. The van der Waals surface area contributed by atoms with E-state index in [0.29, 0.717) is 37.5 Å². The van der Waals surface area contributed by atoms with Crippen molar-refractivity contribution in [3.05, 3.63) is 35.5 Å². The van der Waals surface area contributed by atoms with Crippen LogP contribution in [0.5, 0.6) is 0 Å². The van der Waals surface area contributed by atoms with Crippen LogP contribution in [0.15, 0.2) is 35.5 Å². The van der Waals surface area contributed by atoms with Crippen LogP contribution in [0.1, 0.15) is 84.5 Å². The average molecular weight is 433 g/mol. The van der Waals surface area contributed by atoms with Gasteiger partial charge in [0.1, 0.15) is 5.67 Å². The molecule has 0 spiro atoms. The second-order valence-corrected chi connectivity index (χ2v) is 11.3. The van der Waals surface area contributed by atoms with Crippen LogP contribution < -0.4 is 0 Å². The average Bonchev–Trinajstić information content (AvgIpc) is 3.49. The van der Waals surface area contributed by atoms with Gasteiger partial charge in [0.15, 0.2) is 0 Å². The van der Waals surface area contributed by atoms with Crippen molar-refractivity contribution in [3.8, 4) is 0 Å². The van der Waals surface area contributed by atoms with Gasteiger partial charge < -0.3 is 15.3 Å². The molecule has 7 atom stereocenters. The van der Waals surface area contributed by atoms with Gasteiger partial charge in [-0.05, 0) is 105 Å². The van der Waals surface area contributed by atoms with Gasteiger partial charge in [0.25, 0.3) is 0 Å². The van der Waals surface area contributed by atoms with Crippen molar-refractivity contribution < 1.29 is 19.7 Å². The third-order valence-electron chi connectivity index (χ3n) is 9.05. The maximum atomic E-state index is 16.0. The van der Waals surface area contributed by atoms with Crippen LogP contribution in [0.25, 0.3) is 0 Å². The molecule has 0 aromatic carbocycles. The summed E-state index contributed by atoms with van der Waals surface area (Å²) in [6.45, 7) is 8.09. The van der Waals surface area contributed by atoms with Crippen molar-refractivity contribution >= 4 is 0 Å². The van der Waals surface area contributed by atoms with Gasteiger partial charge in [0.2, 0.25) is 0 Å². The lowest BCUT2D eigenvalue weighted by Crippen LogP contribution is -2.43. The van der Waals surface area contributed by atoms with Crippen LogP contribution in [-0.4, -0.2) is 39.3 Å². The Bertz CT molecular complexity index is 750. The molecule has 4 heteroatoms. The van der Waals surface area contributed by atoms with Crippen LogP contribution in [0, 0.1) is 23.2 Å². The summed E-state index contributed by atoms with van der Waals surface area (Å²) in [7, 11) is 0. The molecule has 0 aromatic heterocycles. The number of aliphatic hydroxyl groups is 3. The van der Waals surface area contributed by atoms with E-state index < -0.39 is 17.9 Å². The van der Waals surface area contributed by atoms with E-state index in [1.54, 1.807) is 6.92 Å². The molecule has 3 nitrogen and oxygen atoms in total. The fraction of sp³-hybridized carbons (Fsp3) is 0.778. The van der Waals surface area contributed by atoms with Crippen LogP contribution in [0.2, 0.25) is 0 Å². The predicted octanol–water partition coefficient (Wildman–Crippen LogP) is 5.41. The molecule has 31 heavy (non-hydrogen) atoms. The zero-order valence-electron chi connectivity index (χ0n) is 19.3. The molecule has 4 aliphatic rings. The molecule has 4 rings (SSSR count). The molecule has 0 aromatic rings. The topological polar surface area (TPSA) is 60.7 Å². The minimum atomic E-state index is -1.24. The number of allylic oxidation sites excluding steroid dienone is 3. The lowest BCUT2D eigenvalue weighted by atomic mass is 9.60. The van der Waals surface area contributed by atoms with Crippen molar-refractivity contribution in [2.75, 3.05) is 0 Å². The van der Waals surface area contributed by atoms with Gasteiger partial charge >= 0.3 is 0 Å². The van der Waals surface area contributed by atoms with Crippen molar-refractivity contribution in [3.63, 3.8) is 0 Å². The molecule has 0 saturated heterocycles. The van der Waals surface area contributed by atoms with Gasteiger partial charge in [-0.2, -0.15) is 0 Å². The second kappa shape index (κ2) is 8.76. The summed E-state index contributed by atoms with van der Waals surface area (Å²) < 4.78 is 16.0. The molecule has 0 heterocycles. The smallest absolute Gasteiger partial charge is 0.111 e. The maximum absolute atomic E-state index is 16.0. The Labute approximate surface area is 187 Å². The van der Waals surface area contributed by atoms with Crippen LogP contribution in [-0.2, 0) is 0 Å². The van der Waals surface area contributed by atoms with Crippen LogP contribution in [0.3, 0.4) is 0 Å². The number of aliphatic hydroxyl groups excluding tert-OH is 3. The van der Waals surface area contributed by atoms with Gasteiger partial charge in [-0.1, -0.05) is 31.2 Å². The highest BCUT2D eigenvalue weighted by Crippen LogP contribution is 2.61. The number of halogens is 1. The van der Waals surface area contributed by atoms with Crippen molar-refractivity contribution in [1.29, 1.82) is 0 Å². The van der Waals surface area contributed by atoms with Gasteiger partial charge in [0, 0.05) is 6.42 Å². The summed E-state index contributed by atoms with van der Waals surface area (Å²) in [5, 5.41) is 30.4. The van der Waals surface area contributed by atoms with Crippen LogP contribution in [0.4, 0.5) is 4.39 Å². The Morgan fingerprint density at radius 2 is 1.97 bits per heavy atom. The fourth-order valence-electron chi connectivity index (χ4n) is 7.01. The first kappa shape index (κ1) is 23.2. The summed E-state index contributed by atoms with van der Waals surface area (Å²) in [5.74, 6) is 0.825. The van der Waals surface area contributed by atoms with Gasteiger partial charge in [-0.3, -0.25) is 0 Å². The van der Waals surface area contributed by atoms with E-state index in [4.69, 9.17) is 0 Å². The zero-order valence-corrected chi connectivity index (χ0v) is 19.3. The standard InChI is InChI=1S/C27H41FO3/c1-17-20(15-21(29)16-24(17)31)9-6-18-5-4-13-26(2)22(18)10-11-25(26)27(3,28)14-12-23(30)19-7-8-19/h6,9,19,21-25,29-31H,1,4-5,7-8,10-16H2,2-3H3/b18-6+,20-9-/t21-,22+,23-,24+,25+,26+,27+/m1/s1. The van der Waals surface area contributed by atoms with E-state index in [-0.39, 0.29) is 17.4 Å². The molecule has 4 aliphatic carbocycles. The molecule has 0 bridgehead atoms. The first-order chi connectivity index (χ1) is 14.6. The van der Waals surface area contributed by atoms with Gasteiger partial charge in [-0.25, -0.2) is 4.39 Å². The molecule has 174 valence electrons. The summed E-state index contributed by atoms with van der Waals surface area (Å²) >= 11 is 0. The maximum Gasteiger partial charge on any atom is 0.111 e. The minimum Gasteiger partial charge on any atom is -0.393 e. The van der Waals surface area contributed by atoms with E-state index in [1.807, 2.05) is 6.08 Å². The summed E-state index contributed by atoms with van der Waals surface area (Å²) in [4.78, 5) is 0. The van der Waals surface area contributed by atoms with Gasteiger partial charge in [0.05, 0.1) is 18.3 Å². The lowest BCUT2D eigenvalue weighted by molar-refractivity contribution is -0.0112. The first-order valence-electron chi connectivity index (χ1n) is 12.4. The highest BCUT2D eigenvalue weighted by molar-refractivity contribution is 5.38. The fourth-order valence-corrected chi connectivity index (χ4v) is 7.01. The molecule has 4 fully saturated rings. The van der Waals surface area contributed by atoms with E-state index in [2.05, 4.69) is 19.6 Å². The molecule has 0 unspecified atom stereocenters. The highest BCUT2D eigenvalue weighted by atomic mass is 19.1. The van der Waals surface area contributed by atoms with Gasteiger partial charge in [-0.15, -0.1) is 0 Å². The number of alkyl halides is 1. The van der Waals surface area contributed by atoms with E-state index in [0.717, 1.165) is 56.1 Å². The number of hydrogen-bond donors (Lipinski definition) is 3. The first-order valence-corrected chi connectivity index (χ1v) is 12.4. The van der Waals surface area contributed by atoms with E-state index in [1.165, 1.54) is 5.57 Å². The Morgan fingerprint density at radius 1 is 1.23 bits per heavy atom. The number of rotatable bonds is 6. The van der Waals surface area contributed by atoms with Crippen molar-refractivity contribution in [1.82, 2.24) is 0 Å². The van der Waals surface area contributed by atoms with Crippen LogP contribution >= 0.6 is 0 Å². The summed E-state index contributed by atoms with van der Waals surface area (Å²) in [5.41, 5.74) is 1.76. The quantitative estimate of drug-likeness (QED) is 0.526. The molecule has 0 amide bonds. The Balaban J connectivity index is 1.48. The Hall–Kier alpha value is -0.970. The van der Waals surface area contributed by atoms with Crippen molar-refractivity contribution in [2.24, 2.45) is 23.2 Å². The Morgan fingerprint density at radius 3 is 2.68 bits per heavy atom. The molecular weight excluding hydrogens is 391 g/mol. The van der Waals surface area contributed by atoms with E-state index in [9.17, 15) is 15.3 Å². The van der Waals surface area contributed by atoms with E-state index >= 15 is 4.39 Å². The highest BCUT2D eigenvalue weighted by Gasteiger charge is 2.55. The molecular formula is C27H41FO3. The Kier molecular flexibility index (Phi) is 6.55. The molecule has 0 radical (unpaired) electrons. The number of hydrogen-bond acceptors (Lipinski definition) is 3. The zero-order chi connectivity index (χ0) is 22.4. The summed E-state index contributed by atoms with van der Waals surface area (Å²) in [6, 6.07) is 0. The normalized spacial score (nSPS) is 41.9. The third-order valence-corrected chi connectivity index (χ3v) is 9.05. The molecule has 0 aliphatic heterocycles. The molecule has 3 N–H and O–H groups in total. The predicted molar refractivity (Wildman–Crippen MR) is 122 cm³/mol. The lowest BCUT2D eigenvalue weighted by Gasteiger charge is -2.46. The molecule has 4 saturated carbocycles. The van der Waals surface area contributed by atoms with Crippen molar-refractivity contribution in [2.45, 2.75) is 108 Å². The number of fused-ring (bicyclic) bond motifs is 1. The summed E-state index contributed by atoms with van der Waals surface area (Å²) in [6.07, 6.45) is 11.9.